The molecular formula is C8H19N3O3S. The van der Waals surface area contributed by atoms with Crippen LogP contribution in [0.5, 0.6) is 0 Å². The van der Waals surface area contributed by atoms with Crippen molar-refractivity contribution in [3.05, 3.63) is 0 Å². The maximum absolute atomic E-state index is 11.7. The highest BCUT2D eigenvalue weighted by molar-refractivity contribution is 7.87. The summed E-state index contributed by atoms with van der Waals surface area (Å²) in [7, 11) is -1.79. The van der Waals surface area contributed by atoms with Gasteiger partial charge in [-0.1, -0.05) is 0 Å². The van der Waals surface area contributed by atoms with Crippen LogP contribution < -0.4 is 10.5 Å². The third kappa shape index (κ3) is 3.69. The second-order valence-corrected chi connectivity index (χ2v) is 5.40. The summed E-state index contributed by atoms with van der Waals surface area (Å²) in [6, 6.07) is 0. The Labute approximate surface area is 90.9 Å². The molecule has 1 fully saturated rings. The van der Waals surface area contributed by atoms with Crippen molar-refractivity contribution in [1.29, 1.82) is 0 Å². The Morgan fingerprint density at radius 1 is 1.60 bits per heavy atom. The quantitative estimate of drug-likeness (QED) is 0.565. The second kappa shape index (κ2) is 5.76. The number of rotatable bonds is 6. The number of nitrogens with zero attached hydrogens (tertiary/aromatic N) is 1. The molecule has 0 aromatic carbocycles. The zero-order chi connectivity index (χ0) is 11.3. The van der Waals surface area contributed by atoms with Crippen LogP contribution in [0.4, 0.5) is 0 Å². The fourth-order valence-electron chi connectivity index (χ4n) is 1.57. The molecule has 0 saturated carbocycles. The topological polar surface area (TPSA) is 84.7 Å². The highest BCUT2D eigenvalue weighted by Gasteiger charge is 2.29. The molecule has 1 saturated heterocycles. The lowest BCUT2D eigenvalue weighted by Crippen LogP contribution is -2.40. The third-order valence-electron chi connectivity index (χ3n) is 2.51. The number of ether oxygens (including phenoxy) is 1. The molecule has 7 heteroatoms. The van der Waals surface area contributed by atoms with Gasteiger partial charge in [-0.05, 0) is 18.9 Å². The van der Waals surface area contributed by atoms with E-state index in [-0.39, 0.29) is 0 Å². The smallest absolute Gasteiger partial charge is 0.279 e. The molecule has 0 spiro atoms. The van der Waals surface area contributed by atoms with Crippen molar-refractivity contribution in [2.75, 3.05) is 39.9 Å². The minimum Gasteiger partial charge on any atom is -0.383 e. The summed E-state index contributed by atoms with van der Waals surface area (Å²) >= 11 is 0. The van der Waals surface area contributed by atoms with Crippen molar-refractivity contribution in [2.45, 2.75) is 6.42 Å². The van der Waals surface area contributed by atoms with Gasteiger partial charge in [0, 0.05) is 26.7 Å². The molecule has 0 aromatic rings. The fraction of sp³-hybridized carbons (Fsp3) is 1.00. The molecule has 0 radical (unpaired) electrons. The summed E-state index contributed by atoms with van der Waals surface area (Å²) < 4.78 is 32.1. The Morgan fingerprint density at radius 2 is 2.33 bits per heavy atom. The van der Waals surface area contributed by atoms with Gasteiger partial charge in [0.05, 0.1) is 6.61 Å². The van der Waals surface area contributed by atoms with Crippen molar-refractivity contribution in [3.8, 4) is 0 Å². The molecule has 1 aliphatic rings. The van der Waals surface area contributed by atoms with Crippen molar-refractivity contribution in [1.82, 2.24) is 9.03 Å². The number of hydrogen-bond donors (Lipinski definition) is 2. The highest BCUT2D eigenvalue weighted by Crippen LogP contribution is 2.17. The van der Waals surface area contributed by atoms with E-state index in [9.17, 15) is 8.42 Å². The molecule has 1 atom stereocenters. The molecule has 90 valence electrons. The molecular weight excluding hydrogens is 218 g/mol. The Morgan fingerprint density at radius 3 is 2.87 bits per heavy atom. The number of nitrogens with one attached hydrogen (secondary N) is 1. The van der Waals surface area contributed by atoms with Crippen molar-refractivity contribution in [2.24, 2.45) is 11.7 Å². The van der Waals surface area contributed by atoms with Crippen molar-refractivity contribution < 1.29 is 13.2 Å². The lowest BCUT2D eigenvalue weighted by Gasteiger charge is -2.16. The van der Waals surface area contributed by atoms with E-state index in [1.54, 1.807) is 0 Å². The Balaban J connectivity index is 2.41. The predicted octanol–water partition coefficient (Wildman–Crippen LogP) is -1.25. The molecule has 1 heterocycles. The molecule has 1 rings (SSSR count). The Bertz CT molecular complexity index is 281. The van der Waals surface area contributed by atoms with Crippen molar-refractivity contribution >= 4 is 10.2 Å². The predicted molar refractivity (Wildman–Crippen MR) is 57.5 cm³/mol. The zero-order valence-electron chi connectivity index (χ0n) is 8.98. The van der Waals surface area contributed by atoms with Gasteiger partial charge in [-0.2, -0.15) is 17.4 Å². The zero-order valence-corrected chi connectivity index (χ0v) is 9.79. The lowest BCUT2D eigenvalue weighted by molar-refractivity contribution is 0.204. The van der Waals surface area contributed by atoms with Gasteiger partial charge in [0.2, 0.25) is 0 Å². The molecule has 3 N–H and O–H groups in total. The standard InChI is InChI=1S/C8H19N3O3S/c1-14-5-3-10-15(12,13)11-4-2-8(6-9)7-11/h8,10H,2-7,9H2,1H3. The normalized spacial score (nSPS) is 23.5. The van der Waals surface area contributed by atoms with Gasteiger partial charge in [0.25, 0.3) is 10.2 Å². The van der Waals surface area contributed by atoms with E-state index in [1.165, 1.54) is 11.4 Å². The summed E-state index contributed by atoms with van der Waals surface area (Å²) in [4.78, 5) is 0. The molecule has 0 aliphatic carbocycles. The first-order chi connectivity index (χ1) is 7.10. The summed E-state index contributed by atoms with van der Waals surface area (Å²) in [6.07, 6.45) is 0.849. The number of methoxy groups -OCH3 is 1. The fourth-order valence-corrected chi connectivity index (χ4v) is 2.85. The average molecular weight is 237 g/mol. The minimum absolute atomic E-state index is 0.295. The van der Waals surface area contributed by atoms with Gasteiger partial charge in [0.15, 0.2) is 0 Å². The van der Waals surface area contributed by atoms with E-state index in [0.717, 1.165) is 6.42 Å². The Kier molecular flexibility index (Phi) is 4.94. The third-order valence-corrected chi connectivity index (χ3v) is 4.09. The molecule has 1 unspecified atom stereocenters. The van der Waals surface area contributed by atoms with Crippen LogP contribution in [0.15, 0.2) is 0 Å². The maximum Gasteiger partial charge on any atom is 0.279 e. The molecule has 1 aliphatic heterocycles. The van der Waals surface area contributed by atoms with Crippen LogP contribution in [-0.2, 0) is 14.9 Å². The van der Waals surface area contributed by atoms with E-state index in [0.29, 0.717) is 38.7 Å². The van der Waals surface area contributed by atoms with Gasteiger partial charge >= 0.3 is 0 Å². The maximum atomic E-state index is 11.7. The van der Waals surface area contributed by atoms with Gasteiger partial charge < -0.3 is 10.5 Å². The van der Waals surface area contributed by atoms with Gasteiger partial charge in [0.1, 0.15) is 0 Å². The van der Waals surface area contributed by atoms with Crippen LogP contribution in [0.2, 0.25) is 0 Å². The molecule has 6 nitrogen and oxygen atoms in total. The lowest BCUT2D eigenvalue weighted by atomic mass is 10.1. The van der Waals surface area contributed by atoms with Crippen LogP contribution >= 0.6 is 0 Å². The largest absolute Gasteiger partial charge is 0.383 e. The molecule has 0 bridgehead atoms. The summed E-state index contributed by atoms with van der Waals surface area (Å²) in [6.45, 7) is 2.32. The van der Waals surface area contributed by atoms with Crippen LogP contribution in [-0.4, -0.2) is 52.6 Å². The summed E-state index contributed by atoms with van der Waals surface area (Å²) in [5.74, 6) is 0.295. The van der Waals surface area contributed by atoms with E-state index in [4.69, 9.17) is 10.5 Å². The molecule has 15 heavy (non-hydrogen) atoms. The summed E-state index contributed by atoms with van der Waals surface area (Å²) in [5, 5.41) is 0. The first kappa shape index (κ1) is 12.9. The van der Waals surface area contributed by atoms with E-state index in [2.05, 4.69) is 4.72 Å². The average Bonchev–Trinajstić information content (AvgIpc) is 2.66. The second-order valence-electron chi connectivity index (χ2n) is 3.64. The van der Waals surface area contributed by atoms with Gasteiger partial charge in [-0.15, -0.1) is 0 Å². The molecule has 0 aromatic heterocycles. The minimum atomic E-state index is -3.33. The monoisotopic (exact) mass is 237 g/mol. The van der Waals surface area contributed by atoms with Crippen LogP contribution in [0.3, 0.4) is 0 Å². The van der Waals surface area contributed by atoms with E-state index in [1.807, 2.05) is 0 Å². The van der Waals surface area contributed by atoms with E-state index >= 15 is 0 Å². The van der Waals surface area contributed by atoms with Gasteiger partial charge in [-0.25, -0.2) is 0 Å². The van der Waals surface area contributed by atoms with Gasteiger partial charge in [-0.3, -0.25) is 0 Å². The first-order valence-electron chi connectivity index (χ1n) is 5.04. The number of hydrogen-bond acceptors (Lipinski definition) is 4. The molecule has 0 amide bonds. The summed E-state index contributed by atoms with van der Waals surface area (Å²) in [5.41, 5.74) is 5.50. The van der Waals surface area contributed by atoms with E-state index < -0.39 is 10.2 Å². The van der Waals surface area contributed by atoms with Crippen LogP contribution in [0.1, 0.15) is 6.42 Å². The number of nitrogens with two attached hydrogens (primary N) is 1. The van der Waals surface area contributed by atoms with Crippen LogP contribution in [0.25, 0.3) is 0 Å². The SMILES string of the molecule is COCCNS(=O)(=O)N1CCC(CN)C1. The Hall–Kier alpha value is -0.210. The van der Waals surface area contributed by atoms with Crippen molar-refractivity contribution in [3.63, 3.8) is 0 Å². The van der Waals surface area contributed by atoms with Crippen LogP contribution in [0, 0.1) is 5.92 Å². The highest BCUT2D eigenvalue weighted by atomic mass is 32.2. The first-order valence-corrected chi connectivity index (χ1v) is 6.48.